The summed E-state index contributed by atoms with van der Waals surface area (Å²) < 4.78 is 34.1. The van der Waals surface area contributed by atoms with E-state index in [-0.39, 0.29) is 11.8 Å². The molecule has 1 heterocycles. The Bertz CT molecular complexity index is 897. The van der Waals surface area contributed by atoms with Crippen molar-refractivity contribution in [2.75, 3.05) is 0 Å². The van der Waals surface area contributed by atoms with Crippen molar-refractivity contribution in [3.8, 4) is 5.75 Å². The third kappa shape index (κ3) is 4.47. The SMILES string of the molecule is CC1(C)CC(NS(=O)(=O)Cc2ccc(Cl)c(Cl)c2)c2ccccc2O1. The lowest BCUT2D eigenvalue weighted by Crippen LogP contribution is -2.41. The van der Waals surface area contributed by atoms with E-state index >= 15 is 0 Å². The molecule has 25 heavy (non-hydrogen) atoms. The maximum atomic E-state index is 12.7. The van der Waals surface area contributed by atoms with E-state index in [0.29, 0.717) is 27.8 Å². The number of hydrogen-bond donors (Lipinski definition) is 1. The molecule has 134 valence electrons. The average molecular weight is 400 g/mol. The number of hydrogen-bond acceptors (Lipinski definition) is 3. The highest BCUT2D eigenvalue weighted by molar-refractivity contribution is 7.88. The van der Waals surface area contributed by atoms with E-state index in [1.165, 1.54) is 0 Å². The molecule has 0 aliphatic carbocycles. The molecule has 0 radical (unpaired) electrons. The van der Waals surface area contributed by atoms with Crippen LogP contribution < -0.4 is 9.46 Å². The van der Waals surface area contributed by atoms with Gasteiger partial charge in [0.15, 0.2) is 0 Å². The van der Waals surface area contributed by atoms with Gasteiger partial charge in [-0.15, -0.1) is 0 Å². The lowest BCUT2D eigenvalue weighted by molar-refractivity contribution is 0.0702. The Kier molecular flexibility index (Phi) is 5.04. The zero-order valence-corrected chi connectivity index (χ0v) is 16.3. The van der Waals surface area contributed by atoms with Crippen LogP contribution in [0.2, 0.25) is 10.0 Å². The molecular formula is C18H19Cl2NO3S. The first-order valence-corrected chi connectivity index (χ1v) is 10.3. The predicted molar refractivity (Wildman–Crippen MR) is 101 cm³/mol. The highest BCUT2D eigenvalue weighted by atomic mass is 35.5. The van der Waals surface area contributed by atoms with Crippen molar-refractivity contribution in [2.24, 2.45) is 0 Å². The van der Waals surface area contributed by atoms with Crippen molar-refractivity contribution in [1.29, 1.82) is 0 Å². The molecule has 0 spiro atoms. The minimum absolute atomic E-state index is 0.163. The van der Waals surface area contributed by atoms with E-state index in [9.17, 15) is 8.42 Å². The van der Waals surface area contributed by atoms with E-state index in [1.54, 1.807) is 18.2 Å². The molecule has 4 nitrogen and oxygen atoms in total. The van der Waals surface area contributed by atoms with E-state index in [4.69, 9.17) is 27.9 Å². The van der Waals surface area contributed by atoms with Crippen LogP contribution in [0.5, 0.6) is 5.75 Å². The molecule has 2 aromatic carbocycles. The smallest absolute Gasteiger partial charge is 0.216 e. The van der Waals surface area contributed by atoms with Gasteiger partial charge < -0.3 is 4.74 Å². The first-order valence-electron chi connectivity index (χ1n) is 7.87. The number of halogens is 2. The molecule has 3 rings (SSSR count). The summed E-state index contributed by atoms with van der Waals surface area (Å²) in [6.45, 7) is 3.90. The summed E-state index contributed by atoms with van der Waals surface area (Å²) in [5.41, 5.74) is 0.978. The van der Waals surface area contributed by atoms with Crippen molar-refractivity contribution < 1.29 is 13.2 Å². The van der Waals surface area contributed by atoms with Crippen LogP contribution in [-0.2, 0) is 15.8 Å². The molecule has 7 heteroatoms. The second-order valence-corrected chi connectivity index (χ2v) is 9.35. The number of benzene rings is 2. The van der Waals surface area contributed by atoms with Crippen molar-refractivity contribution >= 4 is 33.2 Å². The summed E-state index contributed by atoms with van der Waals surface area (Å²) in [6, 6.07) is 12.0. The Morgan fingerprint density at radius 3 is 2.60 bits per heavy atom. The molecule has 1 atom stereocenters. The second-order valence-electron chi connectivity index (χ2n) is 6.78. The average Bonchev–Trinajstić information content (AvgIpc) is 2.49. The highest BCUT2D eigenvalue weighted by Crippen LogP contribution is 2.39. The number of rotatable bonds is 4. The molecular weight excluding hydrogens is 381 g/mol. The number of nitrogens with one attached hydrogen (secondary N) is 1. The number of fused-ring (bicyclic) bond motifs is 1. The van der Waals surface area contributed by atoms with Crippen molar-refractivity contribution in [3.05, 3.63) is 63.6 Å². The summed E-state index contributed by atoms with van der Waals surface area (Å²) >= 11 is 11.9. The second kappa shape index (κ2) is 6.80. The van der Waals surface area contributed by atoms with Gasteiger partial charge in [0.05, 0.1) is 21.8 Å². The zero-order chi connectivity index (χ0) is 18.2. The summed E-state index contributed by atoms with van der Waals surface area (Å²) in [5.74, 6) is 0.546. The van der Waals surface area contributed by atoms with Gasteiger partial charge in [0.25, 0.3) is 0 Å². The molecule has 1 aliphatic rings. The van der Waals surface area contributed by atoms with Crippen LogP contribution >= 0.6 is 23.2 Å². The summed E-state index contributed by atoms with van der Waals surface area (Å²) in [5, 5.41) is 0.739. The molecule has 0 amide bonds. The maximum Gasteiger partial charge on any atom is 0.216 e. The fourth-order valence-corrected chi connectivity index (χ4v) is 4.68. The van der Waals surface area contributed by atoms with Crippen LogP contribution in [0.4, 0.5) is 0 Å². The van der Waals surface area contributed by atoms with Gasteiger partial charge in [-0.2, -0.15) is 0 Å². The van der Waals surface area contributed by atoms with E-state index in [1.807, 2.05) is 38.1 Å². The Labute approximate surface area is 158 Å². The van der Waals surface area contributed by atoms with E-state index < -0.39 is 15.6 Å². The monoisotopic (exact) mass is 399 g/mol. The van der Waals surface area contributed by atoms with Crippen LogP contribution in [0.1, 0.15) is 37.4 Å². The summed E-state index contributed by atoms with van der Waals surface area (Å²) in [4.78, 5) is 0. The lowest BCUT2D eigenvalue weighted by atomic mass is 9.90. The molecule has 0 saturated carbocycles. The van der Waals surface area contributed by atoms with Crippen molar-refractivity contribution in [2.45, 2.75) is 37.7 Å². The Hall–Kier alpha value is -1.27. The molecule has 0 saturated heterocycles. The first kappa shape index (κ1) is 18.5. The first-order chi connectivity index (χ1) is 11.7. The molecule has 1 unspecified atom stereocenters. The van der Waals surface area contributed by atoms with Crippen LogP contribution in [0.15, 0.2) is 42.5 Å². The summed E-state index contributed by atoms with van der Waals surface area (Å²) in [6.07, 6.45) is 0.546. The molecule has 0 fully saturated rings. The van der Waals surface area contributed by atoms with Crippen LogP contribution in [0.25, 0.3) is 0 Å². The van der Waals surface area contributed by atoms with Crippen molar-refractivity contribution in [3.63, 3.8) is 0 Å². The third-order valence-electron chi connectivity index (χ3n) is 4.04. The number of ether oxygens (including phenoxy) is 1. The van der Waals surface area contributed by atoms with Crippen LogP contribution in [0.3, 0.4) is 0 Å². The van der Waals surface area contributed by atoms with E-state index in [2.05, 4.69) is 4.72 Å². The Morgan fingerprint density at radius 1 is 1.16 bits per heavy atom. The van der Waals surface area contributed by atoms with E-state index in [0.717, 1.165) is 5.56 Å². The van der Waals surface area contributed by atoms with Gasteiger partial charge in [-0.1, -0.05) is 47.5 Å². The standard InChI is InChI=1S/C18H19Cl2NO3S/c1-18(2)10-16(13-5-3-4-6-17(13)24-18)21-25(22,23)11-12-7-8-14(19)15(20)9-12/h3-9,16,21H,10-11H2,1-2H3. The van der Waals surface area contributed by atoms with Crippen LogP contribution in [0, 0.1) is 0 Å². The number of para-hydroxylation sites is 1. The number of sulfonamides is 1. The predicted octanol–water partition coefficient (Wildman–Crippen LogP) is 4.72. The van der Waals surface area contributed by atoms with Gasteiger partial charge >= 0.3 is 0 Å². The highest BCUT2D eigenvalue weighted by Gasteiger charge is 2.35. The molecule has 1 N–H and O–H groups in total. The van der Waals surface area contributed by atoms with Gasteiger partial charge in [0.1, 0.15) is 11.4 Å². The van der Waals surface area contributed by atoms with Gasteiger partial charge in [-0.25, -0.2) is 13.1 Å². The quantitative estimate of drug-likeness (QED) is 0.809. The zero-order valence-electron chi connectivity index (χ0n) is 13.9. The molecule has 2 aromatic rings. The minimum atomic E-state index is -3.56. The fourth-order valence-electron chi connectivity index (χ4n) is 3.01. The minimum Gasteiger partial charge on any atom is -0.487 e. The van der Waals surface area contributed by atoms with Crippen molar-refractivity contribution in [1.82, 2.24) is 4.72 Å². The maximum absolute atomic E-state index is 12.7. The van der Waals surface area contributed by atoms with Gasteiger partial charge in [-0.3, -0.25) is 0 Å². The molecule has 1 aliphatic heterocycles. The summed E-state index contributed by atoms with van der Waals surface area (Å²) in [7, 11) is -3.56. The van der Waals surface area contributed by atoms with Gasteiger partial charge in [0, 0.05) is 12.0 Å². The third-order valence-corrected chi connectivity index (χ3v) is 6.13. The fraction of sp³-hybridized carbons (Fsp3) is 0.333. The van der Waals surface area contributed by atoms with Crippen LogP contribution in [-0.4, -0.2) is 14.0 Å². The Balaban J connectivity index is 1.84. The van der Waals surface area contributed by atoms with Gasteiger partial charge in [0.2, 0.25) is 10.0 Å². The normalized spacial score (nSPS) is 19.1. The molecule has 0 aromatic heterocycles. The largest absolute Gasteiger partial charge is 0.487 e. The van der Waals surface area contributed by atoms with Gasteiger partial charge in [-0.05, 0) is 37.6 Å². The lowest BCUT2D eigenvalue weighted by Gasteiger charge is -2.37. The topological polar surface area (TPSA) is 55.4 Å². The molecule has 0 bridgehead atoms. The Morgan fingerprint density at radius 2 is 1.88 bits per heavy atom.